The predicted molar refractivity (Wildman–Crippen MR) is 163 cm³/mol. The van der Waals surface area contributed by atoms with Gasteiger partial charge in [0.15, 0.2) is 0 Å². The van der Waals surface area contributed by atoms with Gasteiger partial charge in [0.1, 0.15) is 24.0 Å². The Hall–Kier alpha value is -2.56. The van der Waals surface area contributed by atoms with Crippen molar-refractivity contribution in [3.63, 3.8) is 0 Å². The molecule has 0 radical (unpaired) electrons. The molecule has 42 heavy (non-hydrogen) atoms. The van der Waals surface area contributed by atoms with E-state index in [9.17, 15) is 19.3 Å². The number of nitrogens with one attached hydrogen (secondary N) is 4. The summed E-state index contributed by atoms with van der Waals surface area (Å²) in [4.78, 5) is 34.5. The van der Waals surface area contributed by atoms with Crippen molar-refractivity contribution >= 4 is 19.6 Å². The normalized spacial score (nSPS) is 15.2. The Morgan fingerprint density at radius 2 is 1.45 bits per heavy atom. The van der Waals surface area contributed by atoms with Crippen LogP contribution in [0, 0.1) is 11.8 Å². The number of nitrogens with zero attached hydrogens (tertiary/aromatic N) is 1. The van der Waals surface area contributed by atoms with Crippen LogP contribution in [-0.2, 0) is 29.6 Å². The molecule has 12 heteroatoms. The Bertz CT molecular complexity index is 1110. The molecule has 236 valence electrons. The highest BCUT2D eigenvalue weighted by atomic mass is 31.2. The summed E-state index contributed by atoms with van der Waals surface area (Å²) in [6.45, 7) is 14.8. The first kappa shape index (κ1) is 35.6. The van der Waals surface area contributed by atoms with Gasteiger partial charge in [0.25, 0.3) is 0 Å². The molecule has 0 unspecified atom stereocenters. The standard InChI is InChI=1S/C30H50N5O6P/c1-19(2)16-24(27(36)28-31-14-15-32-28)33-29(37)25(17-20(3)4)34-30(38)26(18-23-12-10-9-11-13-23)35-42(39,40-21(5)6)41-22(7)8/h9-15,19-22,24-27,36H,16-18H2,1-8H3,(H,31,32)(H,33,37)(H,34,38)(H,35,39)/t24-,25-,26-,27+/m0/s1. The van der Waals surface area contributed by atoms with Crippen LogP contribution in [0.2, 0.25) is 0 Å². The SMILES string of the molecule is CC(C)C[C@H](NC(=O)[C@H](Cc1ccccc1)NP(=O)(OC(C)C)OC(C)C)C(=O)N[C@@H](CC(C)C)[C@@H](O)c1ncc[nH]1. The number of H-pyrrole nitrogens is 1. The van der Waals surface area contributed by atoms with Crippen molar-refractivity contribution in [2.45, 2.75) is 111 Å². The molecule has 0 saturated heterocycles. The minimum absolute atomic E-state index is 0.0692. The van der Waals surface area contributed by atoms with Crippen molar-refractivity contribution in [3.05, 3.63) is 54.1 Å². The first-order chi connectivity index (χ1) is 19.7. The average molecular weight is 608 g/mol. The van der Waals surface area contributed by atoms with Gasteiger partial charge in [0, 0.05) is 12.4 Å². The minimum Gasteiger partial charge on any atom is -0.383 e. The third kappa shape index (κ3) is 12.4. The highest BCUT2D eigenvalue weighted by Crippen LogP contribution is 2.47. The zero-order valence-corrected chi connectivity index (χ0v) is 27.1. The molecule has 0 fully saturated rings. The van der Waals surface area contributed by atoms with E-state index in [0.717, 1.165) is 5.56 Å². The molecule has 0 spiro atoms. The number of carbonyl (C=O) groups is 2. The molecule has 1 aromatic heterocycles. The summed E-state index contributed by atoms with van der Waals surface area (Å²) in [6.07, 6.45) is 2.27. The molecule has 5 N–H and O–H groups in total. The molecule has 0 bridgehead atoms. The number of carbonyl (C=O) groups excluding carboxylic acids is 2. The maximum absolute atomic E-state index is 13.8. The zero-order valence-electron chi connectivity index (χ0n) is 26.2. The highest BCUT2D eigenvalue weighted by Gasteiger charge is 2.36. The van der Waals surface area contributed by atoms with Crippen molar-refractivity contribution in [1.82, 2.24) is 25.7 Å². The summed E-state index contributed by atoms with van der Waals surface area (Å²) in [5, 5.41) is 19.7. The van der Waals surface area contributed by atoms with Crippen LogP contribution in [0.15, 0.2) is 42.7 Å². The van der Waals surface area contributed by atoms with Gasteiger partial charge in [-0.2, -0.15) is 0 Å². The van der Waals surface area contributed by atoms with Crippen molar-refractivity contribution in [2.75, 3.05) is 0 Å². The van der Waals surface area contributed by atoms with E-state index in [1.807, 2.05) is 58.0 Å². The molecule has 2 aromatic rings. The van der Waals surface area contributed by atoms with Crippen LogP contribution in [0.3, 0.4) is 0 Å². The molecule has 2 rings (SSSR count). The molecule has 0 aliphatic heterocycles. The molecule has 11 nitrogen and oxygen atoms in total. The van der Waals surface area contributed by atoms with E-state index in [1.165, 1.54) is 0 Å². The van der Waals surface area contributed by atoms with Gasteiger partial charge in [-0.3, -0.25) is 18.6 Å². The lowest BCUT2D eigenvalue weighted by molar-refractivity contribution is -0.131. The van der Waals surface area contributed by atoms with Crippen LogP contribution < -0.4 is 15.7 Å². The number of amides is 2. The van der Waals surface area contributed by atoms with Crippen molar-refractivity contribution in [1.29, 1.82) is 0 Å². The van der Waals surface area contributed by atoms with Gasteiger partial charge < -0.3 is 20.7 Å². The fraction of sp³-hybridized carbons (Fsp3) is 0.633. The Labute approximate surface area is 250 Å². The number of rotatable bonds is 18. The van der Waals surface area contributed by atoms with Gasteiger partial charge in [-0.25, -0.2) is 14.6 Å². The van der Waals surface area contributed by atoms with Crippen LogP contribution in [-0.4, -0.2) is 57.2 Å². The molecule has 0 saturated carbocycles. The first-order valence-corrected chi connectivity index (χ1v) is 16.3. The van der Waals surface area contributed by atoms with Crippen LogP contribution in [0.25, 0.3) is 0 Å². The fourth-order valence-electron chi connectivity index (χ4n) is 4.54. The van der Waals surface area contributed by atoms with E-state index in [1.54, 1.807) is 40.1 Å². The second-order valence-corrected chi connectivity index (χ2v) is 13.7. The number of aliphatic hydroxyl groups excluding tert-OH is 1. The van der Waals surface area contributed by atoms with Gasteiger partial charge >= 0.3 is 7.75 Å². The largest absolute Gasteiger partial charge is 0.406 e. The van der Waals surface area contributed by atoms with Crippen LogP contribution in [0.4, 0.5) is 0 Å². The van der Waals surface area contributed by atoms with Gasteiger partial charge in [0.05, 0.1) is 18.2 Å². The molecule has 0 aliphatic carbocycles. The Balaban J connectivity index is 2.34. The van der Waals surface area contributed by atoms with E-state index >= 15 is 0 Å². The van der Waals surface area contributed by atoms with E-state index in [0.29, 0.717) is 18.7 Å². The molecular weight excluding hydrogens is 557 g/mol. The summed E-state index contributed by atoms with van der Waals surface area (Å²) in [5.41, 5.74) is 0.828. The minimum atomic E-state index is -3.91. The second kappa shape index (κ2) is 16.9. The van der Waals surface area contributed by atoms with Gasteiger partial charge in [-0.1, -0.05) is 58.0 Å². The lowest BCUT2D eigenvalue weighted by atomic mass is 9.97. The van der Waals surface area contributed by atoms with Gasteiger partial charge in [0.2, 0.25) is 11.8 Å². The Morgan fingerprint density at radius 1 is 0.881 bits per heavy atom. The number of benzene rings is 1. The first-order valence-electron chi connectivity index (χ1n) is 14.8. The smallest absolute Gasteiger partial charge is 0.383 e. The maximum atomic E-state index is 13.8. The van der Waals surface area contributed by atoms with E-state index in [-0.39, 0.29) is 18.3 Å². The van der Waals surface area contributed by atoms with Gasteiger partial charge in [-0.15, -0.1) is 0 Å². The Kier molecular flexibility index (Phi) is 14.4. The average Bonchev–Trinajstić information content (AvgIpc) is 3.41. The van der Waals surface area contributed by atoms with Crippen molar-refractivity contribution in [2.24, 2.45) is 11.8 Å². The number of aromatic nitrogens is 2. The van der Waals surface area contributed by atoms with E-state index in [2.05, 4.69) is 25.7 Å². The quantitative estimate of drug-likeness (QED) is 0.153. The molecule has 4 atom stereocenters. The summed E-state index contributed by atoms with van der Waals surface area (Å²) in [7, 11) is -3.91. The van der Waals surface area contributed by atoms with Gasteiger partial charge in [-0.05, 0) is 64.4 Å². The third-order valence-electron chi connectivity index (χ3n) is 6.19. The molecule has 0 aliphatic rings. The number of aromatic amines is 1. The molecule has 1 aromatic carbocycles. The van der Waals surface area contributed by atoms with E-state index < -0.39 is 56.0 Å². The lowest BCUT2D eigenvalue weighted by Crippen LogP contribution is -2.55. The molecule has 2 amide bonds. The fourth-order valence-corrected chi connectivity index (χ4v) is 6.41. The highest BCUT2D eigenvalue weighted by molar-refractivity contribution is 7.51. The van der Waals surface area contributed by atoms with Crippen LogP contribution >= 0.6 is 7.75 Å². The lowest BCUT2D eigenvalue weighted by Gasteiger charge is -2.30. The second-order valence-electron chi connectivity index (χ2n) is 12.0. The number of aliphatic hydroxyl groups is 1. The number of imidazole rings is 1. The van der Waals surface area contributed by atoms with Crippen molar-refractivity contribution in [3.8, 4) is 0 Å². The molecular formula is C30H50N5O6P. The summed E-state index contributed by atoms with van der Waals surface area (Å²) in [5.74, 6) is -0.352. The van der Waals surface area contributed by atoms with Crippen LogP contribution in [0.5, 0.6) is 0 Å². The van der Waals surface area contributed by atoms with Crippen molar-refractivity contribution < 1.29 is 28.3 Å². The number of hydrogen-bond donors (Lipinski definition) is 5. The monoisotopic (exact) mass is 607 g/mol. The topological polar surface area (TPSA) is 155 Å². The summed E-state index contributed by atoms with van der Waals surface area (Å²) in [6, 6.07) is 6.74. The third-order valence-corrected chi connectivity index (χ3v) is 8.21. The number of hydrogen-bond acceptors (Lipinski definition) is 7. The van der Waals surface area contributed by atoms with Crippen LogP contribution in [0.1, 0.15) is 85.7 Å². The predicted octanol–water partition coefficient (Wildman–Crippen LogP) is 4.66. The zero-order chi connectivity index (χ0) is 31.4. The Morgan fingerprint density at radius 3 is 1.95 bits per heavy atom. The molecule has 1 heterocycles. The summed E-state index contributed by atoms with van der Waals surface area (Å²) >= 11 is 0. The maximum Gasteiger partial charge on any atom is 0.406 e. The summed E-state index contributed by atoms with van der Waals surface area (Å²) < 4.78 is 25.0. The van der Waals surface area contributed by atoms with E-state index in [4.69, 9.17) is 9.05 Å².